The predicted molar refractivity (Wildman–Crippen MR) is 83.5 cm³/mol. The SMILES string of the molecule is Cl.O=C(NCC(N1CCNCC1)C(F)(F)F)C1C2CCCCC21. The number of hydrogen-bond donors (Lipinski definition) is 2. The molecule has 1 aliphatic heterocycles. The zero-order valence-electron chi connectivity index (χ0n) is 13.1. The lowest BCUT2D eigenvalue weighted by Gasteiger charge is -2.35. The van der Waals surface area contributed by atoms with Crippen molar-refractivity contribution in [3.8, 4) is 0 Å². The molecule has 3 fully saturated rings. The van der Waals surface area contributed by atoms with Crippen LogP contribution in [0, 0.1) is 17.8 Å². The highest BCUT2D eigenvalue weighted by atomic mass is 35.5. The number of piperazine rings is 1. The number of rotatable bonds is 4. The average molecular weight is 356 g/mol. The highest BCUT2D eigenvalue weighted by Gasteiger charge is 2.55. The fourth-order valence-electron chi connectivity index (χ4n) is 4.14. The van der Waals surface area contributed by atoms with Crippen molar-refractivity contribution in [2.45, 2.75) is 37.9 Å². The summed E-state index contributed by atoms with van der Waals surface area (Å²) in [7, 11) is 0. The zero-order valence-corrected chi connectivity index (χ0v) is 13.9. The van der Waals surface area contributed by atoms with Crippen LogP contribution in [0.5, 0.6) is 0 Å². The molecule has 0 bridgehead atoms. The molecule has 2 saturated carbocycles. The first-order valence-corrected chi connectivity index (χ1v) is 8.27. The molecule has 0 aromatic heterocycles. The lowest BCUT2D eigenvalue weighted by atomic mass is 10.0. The third kappa shape index (κ3) is 4.31. The molecule has 2 aliphatic carbocycles. The molecule has 3 unspecified atom stereocenters. The Morgan fingerprint density at radius 2 is 1.74 bits per heavy atom. The molecule has 0 aromatic rings. The Morgan fingerprint density at radius 3 is 2.26 bits per heavy atom. The number of carbonyl (C=O) groups is 1. The summed E-state index contributed by atoms with van der Waals surface area (Å²) in [5, 5.41) is 5.64. The number of alkyl halides is 3. The van der Waals surface area contributed by atoms with Gasteiger partial charge in [0.2, 0.25) is 5.91 Å². The second-order valence-corrected chi connectivity index (χ2v) is 6.73. The smallest absolute Gasteiger partial charge is 0.354 e. The Morgan fingerprint density at radius 1 is 1.17 bits per heavy atom. The second kappa shape index (κ2) is 7.57. The zero-order chi connectivity index (χ0) is 15.7. The summed E-state index contributed by atoms with van der Waals surface area (Å²) in [4.78, 5) is 13.6. The van der Waals surface area contributed by atoms with E-state index in [9.17, 15) is 18.0 Å². The second-order valence-electron chi connectivity index (χ2n) is 6.73. The lowest BCUT2D eigenvalue weighted by Crippen LogP contribution is -2.57. The highest BCUT2D eigenvalue weighted by molar-refractivity contribution is 5.85. The Bertz CT molecular complexity index is 403. The van der Waals surface area contributed by atoms with Gasteiger partial charge in [-0.05, 0) is 24.7 Å². The molecule has 0 radical (unpaired) electrons. The van der Waals surface area contributed by atoms with Crippen molar-refractivity contribution in [2.75, 3.05) is 32.7 Å². The van der Waals surface area contributed by atoms with Gasteiger partial charge >= 0.3 is 6.18 Å². The quantitative estimate of drug-likeness (QED) is 0.808. The van der Waals surface area contributed by atoms with Gasteiger partial charge in [0.15, 0.2) is 0 Å². The van der Waals surface area contributed by atoms with Crippen molar-refractivity contribution in [3.63, 3.8) is 0 Å². The van der Waals surface area contributed by atoms with Crippen molar-refractivity contribution >= 4 is 18.3 Å². The van der Waals surface area contributed by atoms with E-state index in [1.54, 1.807) is 0 Å². The molecule has 4 nitrogen and oxygen atoms in total. The topological polar surface area (TPSA) is 44.4 Å². The number of fused-ring (bicyclic) bond motifs is 1. The van der Waals surface area contributed by atoms with Crippen molar-refractivity contribution in [1.29, 1.82) is 0 Å². The molecular formula is C15H25ClF3N3O. The molecule has 1 amide bonds. The molecule has 1 heterocycles. The van der Waals surface area contributed by atoms with Crippen molar-refractivity contribution in [1.82, 2.24) is 15.5 Å². The molecule has 3 atom stereocenters. The summed E-state index contributed by atoms with van der Waals surface area (Å²) in [5.74, 6) is 0.662. The minimum atomic E-state index is -4.30. The first-order chi connectivity index (χ1) is 10.5. The summed E-state index contributed by atoms with van der Waals surface area (Å²) in [5.41, 5.74) is 0. The largest absolute Gasteiger partial charge is 0.405 e. The third-order valence-electron chi connectivity index (χ3n) is 5.40. The van der Waals surface area contributed by atoms with Gasteiger partial charge in [0, 0.05) is 38.6 Å². The number of hydrogen-bond acceptors (Lipinski definition) is 3. The van der Waals surface area contributed by atoms with Crippen LogP contribution in [0.2, 0.25) is 0 Å². The number of halogens is 4. The molecule has 0 aromatic carbocycles. The molecule has 8 heteroatoms. The van der Waals surface area contributed by atoms with E-state index in [0.717, 1.165) is 25.7 Å². The van der Waals surface area contributed by atoms with Crippen LogP contribution >= 0.6 is 12.4 Å². The van der Waals surface area contributed by atoms with Gasteiger partial charge in [0.1, 0.15) is 6.04 Å². The summed E-state index contributed by atoms with van der Waals surface area (Å²) in [6, 6.07) is -1.57. The number of nitrogens with one attached hydrogen (secondary N) is 2. The van der Waals surface area contributed by atoms with Gasteiger partial charge < -0.3 is 10.6 Å². The first-order valence-electron chi connectivity index (χ1n) is 8.27. The lowest BCUT2D eigenvalue weighted by molar-refractivity contribution is -0.184. The number of carbonyl (C=O) groups excluding carboxylic acids is 1. The number of nitrogens with zero attached hydrogens (tertiary/aromatic N) is 1. The summed E-state index contributed by atoms with van der Waals surface area (Å²) < 4.78 is 39.8. The Kier molecular flexibility index (Phi) is 6.19. The van der Waals surface area contributed by atoms with Crippen LogP contribution in [0.4, 0.5) is 13.2 Å². The standard InChI is InChI=1S/C15H24F3N3O.ClH/c16-15(17,18)12(21-7-5-19-6-8-21)9-20-14(22)13-10-3-1-2-4-11(10)13;/h10-13,19H,1-9H2,(H,20,22);1H. The Balaban J connectivity index is 0.00000192. The van der Waals surface area contributed by atoms with E-state index in [1.165, 1.54) is 4.90 Å². The fourth-order valence-corrected chi connectivity index (χ4v) is 4.14. The third-order valence-corrected chi connectivity index (χ3v) is 5.40. The molecule has 134 valence electrons. The van der Waals surface area contributed by atoms with Crippen molar-refractivity contribution < 1.29 is 18.0 Å². The van der Waals surface area contributed by atoms with Crippen molar-refractivity contribution in [3.05, 3.63) is 0 Å². The molecule has 0 spiro atoms. The van der Waals surface area contributed by atoms with Crippen LogP contribution in [0.3, 0.4) is 0 Å². The van der Waals surface area contributed by atoms with Gasteiger partial charge in [-0.1, -0.05) is 12.8 Å². The van der Waals surface area contributed by atoms with Crippen LogP contribution in [0.25, 0.3) is 0 Å². The summed E-state index contributed by atoms with van der Waals surface area (Å²) >= 11 is 0. The molecule has 1 saturated heterocycles. The molecule has 3 aliphatic rings. The maximum Gasteiger partial charge on any atom is 0.405 e. The van der Waals surface area contributed by atoms with Crippen molar-refractivity contribution in [2.24, 2.45) is 17.8 Å². The van der Waals surface area contributed by atoms with E-state index in [-0.39, 0.29) is 30.8 Å². The van der Waals surface area contributed by atoms with Crippen LogP contribution < -0.4 is 10.6 Å². The normalized spacial score (nSPS) is 32.4. The van der Waals surface area contributed by atoms with Crippen LogP contribution in [0.15, 0.2) is 0 Å². The molecule has 2 N–H and O–H groups in total. The minimum Gasteiger partial charge on any atom is -0.354 e. The van der Waals surface area contributed by atoms with Gasteiger partial charge in [-0.15, -0.1) is 12.4 Å². The highest BCUT2D eigenvalue weighted by Crippen LogP contribution is 2.55. The van der Waals surface area contributed by atoms with E-state index in [4.69, 9.17) is 0 Å². The van der Waals surface area contributed by atoms with Gasteiger partial charge in [0.05, 0.1) is 0 Å². The Labute approximate surface area is 141 Å². The molecule has 23 heavy (non-hydrogen) atoms. The molecule has 3 rings (SSSR count). The predicted octanol–water partition coefficient (Wildman–Crippen LogP) is 1.80. The van der Waals surface area contributed by atoms with E-state index in [2.05, 4.69) is 10.6 Å². The fraction of sp³-hybridized carbons (Fsp3) is 0.933. The van der Waals surface area contributed by atoms with E-state index in [1.807, 2.05) is 0 Å². The maximum absolute atomic E-state index is 13.3. The van der Waals surface area contributed by atoms with Crippen LogP contribution in [-0.4, -0.2) is 55.7 Å². The monoisotopic (exact) mass is 355 g/mol. The summed E-state index contributed by atoms with van der Waals surface area (Å²) in [6.45, 7) is 1.54. The molecular weight excluding hydrogens is 331 g/mol. The summed E-state index contributed by atoms with van der Waals surface area (Å²) in [6.07, 6.45) is 0.112. The van der Waals surface area contributed by atoms with Crippen LogP contribution in [-0.2, 0) is 4.79 Å². The minimum absolute atomic E-state index is 0. The van der Waals surface area contributed by atoms with Gasteiger partial charge in [0.25, 0.3) is 0 Å². The van der Waals surface area contributed by atoms with E-state index < -0.39 is 12.2 Å². The van der Waals surface area contributed by atoms with E-state index in [0.29, 0.717) is 38.0 Å². The van der Waals surface area contributed by atoms with Gasteiger partial charge in [-0.3, -0.25) is 9.69 Å². The maximum atomic E-state index is 13.3. The van der Waals surface area contributed by atoms with Gasteiger partial charge in [-0.2, -0.15) is 13.2 Å². The average Bonchev–Trinajstić information content (AvgIpc) is 3.21. The Hall–Kier alpha value is -0.530. The first kappa shape index (κ1) is 18.8. The van der Waals surface area contributed by atoms with Gasteiger partial charge in [-0.25, -0.2) is 0 Å². The van der Waals surface area contributed by atoms with E-state index >= 15 is 0 Å². The van der Waals surface area contributed by atoms with Crippen LogP contribution in [0.1, 0.15) is 25.7 Å². The number of amides is 1.